The smallest absolute Gasteiger partial charge is 0.121 e. The number of hydrogen-bond donors (Lipinski definition) is 2. The Hall–Kier alpha value is -1.84. The number of aliphatic hydroxyl groups is 2. The Morgan fingerprint density at radius 2 is 1.80 bits per heavy atom. The molecule has 0 saturated carbocycles. The summed E-state index contributed by atoms with van der Waals surface area (Å²) in [5.41, 5.74) is 0.552. The lowest BCUT2D eigenvalue weighted by molar-refractivity contribution is 0.00753. The highest BCUT2D eigenvalue weighted by molar-refractivity contribution is 5.30. The van der Waals surface area contributed by atoms with Crippen molar-refractivity contribution >= 4 is 0 Å². The quantitative estimate of drug-likeness (QED) is 0.879. The second kappa shape index (κ2) is 6.07. The summed E-state index contributed by atoms with van der Waals surface area (Å²) in [5, 5.41) is 20.0. The van der Waals surface area contributed by atoms with Crippen LogP contribution in [0, 0.1) is 0 Å². The molecule has 2 aromatic rings. The van der Waals surface area contributed by atoms with Crippen LogP contribution in [0.25, 0.3) is 0 Å². The van der Waals surface area contributed by atoms with Crippen LogP contribution in [0.5, 0.6) is 5.75 Å². The lowest BCUT2D eigenvalue weighted by Crippen LogP contribution is -2.29. The minimum atomic E-state index is -1.05. The molecule has 20 heavy (non-hydrogen) atoms. The fourth-order valence-corrected chi connectivity index (χ4v) is 1.97. The summed E-state index contributed by atoms with van der Waals surface area (Å²) < 4.78 is 5.65. The molecule has 0 radical (unpaired) electrons. The Kier molecular flexibility index (Phi) is 4.42. The van der Waals surface area contributed by atoms with E-state index in [-0.39, 0.29) is 6.61 Å². The molecule has 2 atom stereocenters. The van der Waals surface area contributed by atoms with Gasteiger partial charge in [-0.1, -0.05) is 42.5 Å². The summed E-state index contributed by atoms with van der Waals surface area (Å²) >= 11 is 0. The van der Waals surface area contributed by atoms with Gasteiger partial charge in [0.1, 0.15) is 18.0 Å². The molecule has 3 heteroatoms. The fraction of sp³-hybridized carbons (Fsp3) is 0.294. The van der Waals surface area contributed by atoms with E-state index in [0.29, 0.717) is 5.75 Å². The largest absolute Gasteiger partial charge is 0.490 e. The van der Waals surface area contributed by atoms with E-state index in [0.717, 1.165) is 11.1 Å². The lowest BCUT2D eigenvalue weighted by Gasteiger charge is -2.24. The molecule has 0 saturated heterocycles. The second-order valence-corrected chi connectivity index (χ2v) is 5.18. The van der Waals surface area contributed by atoms with Gasteiger partial charge < -0.3 is 14.9 Å². The number of ether oxygens (including phenoxy) is 1. The summed E-state index contributed by atoms with van der Waals surface area (Å²) in [6, 6.07) is 16.7. The first-order valence-corrected chi connectivity index (χ1v) is 6.68. The van der Waals surface area contributed by atoms with Gasteiger partial charge >= 0.3 is 0 Å². The molecule has 0 aromatic heterocycles. The molecule has 0 aliphatic rings. The topological polar surface area (TPSA) is 49.7 Å². The molecule has 0 aliphatic carbocycles. The van der Waals surface area contributed by atoms with Gasteiger partial charge in [-0.15, -0.1) is 0 Å². The first-order valence-electron chi connectivity index (χ1n) is 6.68. The Balaban J connectivity index is 2.06. The Bertz CT molecular complexity index is 547. The van der Waals surface area contributed by atoms with E-state index in [1.807, 2.05) is 48.5 Å². The van der Waals surface area contributed by atoms with Gasteiger partial charge in [0.15, 0.2) is 0 Å². The third-order valence-corrected chi connectivity index (χ3v) is 3.26. The maximum atomic E-state index is 10.5. The zero-order valence-electron chi connectivity index (χ0n) is 11.8. The minimum Gasteiger partial charge on any atom is -0.490 e. The monoisotopic (exact) mass is 272 g/mol. The summed E-state index contributed by atoms with van der Waals surface area (Å²) in [6.45, 7) is 3.58. The van der Waals surface area contributed by atoms with Gasteiger partial charge in [-0.25, -0.2) is 0 Å². The highest BCUT2D eigenvalue weighted by atomic mass is 16.5. The van der Waals surface area contributed by atoms with Crippen LogP contribution in [0.1, 0.15) is 31.1 Å². The van der Waals surface area contributed by atoms with Crippen LogP contribution in [-0.4, -0.2) is 16.8 Å². The summed E-state index contributed by atoms with van der Waals surface area (Å²) in [6.07, 6.45) is -0.534. The number of rotatable bonds is 5. The molecule has 2 N–H and O–H groups in total. The Labute approximate surface area is 119 Å². The first kappa shape index (κ1) is 14.6. The van der Waals surface area contributed by atoms with E-state index < -0.39 is 11.7 Å². The van der Waals surface area contributed by atoms with Crippen molar-refractivity contribution in [2.24, 2.45) is 0 Å². The molecular weight excluding hydrogens is 252 g/mol. The highest BCUT2D eigenvalue weighted by Crippen LogP contribution is 2.24. The average Bonchev–Trinajstić information content (AvgIpc) is 2.46. The van der Waals surface area contributed by atoms with Crippen molar-refractivity contribution in [3.8, 4) is 5.75 Å². The SMILES string of the molecule is CC(O)c1cccc(OCC(C)(O)c2ccccc2)c1. The second-order valence-electron chi connectivity index (χ2n) is 5.18. The standard InChI is InChI=1S/C17H20O3/c1-13(18)14-7-6-10-16(11-14)20-12-17(2,19)15-8-4-3-5-9-15/h3-11,13,18-19H,12H2,1-2H3. The zero-order valence-corrected chi connectivity index (χ0v) is 11.8. The Morgan fingerprint density at radius 3 is 2.45 bits per heavy atom. The average molecular weight is 272 g/mol. The first-order chi connectivity index (χ1) is 9.49. The van der Waals surface area contributed by atoms with Crippen molar-refractivity contribution in [3.05, 3.63) is 65.7 Å². The van der Waals surface area contributed by atoms with Crippen molar-refractivity contribution in [2.75, 3.05) is 6.61 Å². The molecular formula is C17H20O3. The zero-order chi connectivity index (χ0) is 14.6. The van der Waals surface area contributed by atoms with E-state index in [4.69, 9.17) is 4.74 Å². The molecule has 3 nitrogen and oxygen atoms in total. The van der Waals surface area contributed by atoms with Crippen LogP contribution in [0.4, 0.5) is 0 Å². The van der Waals surface area contributed by atoms with E-state index in [1.54, 1.807) is 19.9 Å². The van der Waals surface area contributed by atoms with Crippen LogP contribution in [0.2, 0.25) is 0 Å². The predicted molar refractivity (Wildman–Crippen MR) is 78.6 cm³/mol. The van der Waals surface area contributed by atoms with Crippen LogP contribution in [0.3, 0.4) is 0 Å². The molecule has 0 heterocycles. The normalized spacial score (nSPS) is 15.4. The Morgan fingerprint density at radius 1 is 1.10 bits per heavy atom. The maximum Gasteiger partial charge on any atom is 0.121 e. The van der Waals surface area contributed by atoms with E-state index >= 15 is 0 Å². The van der Waals surface area contributed by atoms with Gasteiger partial charge in [0, 0.05) is 0 Å². The number of hydrogen-bond acceptors (Lipinski definition) is 3. The van der Waals surface area contributed by atoms with Crippen molar-refractivity contribution in [2.45, 2.75) is 25.6 Å². The summed E-state index contributed by atoms with van der Waals surface area (Å²) in [5.74, 6) is 0.639. The minimum absolute atomic E-state index is 0.153. The molecule has 0 aliphatic heterocycles. The number of aliphatic hydroxyl groups excluding tert-OH is 1. The molecule has 106 valence electrons. The number of benzene rings is 2. The maximum absolute atomic E-state index is 10.5. The van der Waals surface area contributed by atoms with E-state index in [2.05, 4.69) is 0 Å². The molecule has 2 unspecified atom stereocenters. The van der Waals surface area contributed by atoms with Crippen molar-refractivity contribution in [1.82, 2.24) is 0 Å². The van der Waals surface area contributed by atoms with Gasteiger partial charge in [-0.3, -0.25) is 0 Å². The van der Waals surface area contributed by atoms with E-state index in [1.165, 1.54) is 0 Å². The molecule has 0 amide bonds. The van der Waals surface area contributed by atoms with Crippen LogP contribution < -0.4 is 4.74 Å². The summed E-state index contributed by atoms with van der Waals surface area (Å²) in [4.78, 5) is 0. The van der Waals surface area contributed by atoms with Gasteiger partial charge in [0.05, 0.1) is 6.10 Å². The third kappa shape index (κ3) is 3.59. The van der Waals surface area contributed by atoms with Crippen LogP contribution >= 0.6 is 0 Å². The lowest BCUT2D eigenvalue weighted by atomic mass is 9.97. The van der Waals surface area contributed by atoms with Gasteiger partial charge in [0.2, 0.25) is 0 Å². The molecule has 0 bridgehead atoms. The molecule has 2 aromatic carbocycles. The van der Waals surface area contributed by atoms with Gasteiger partial charge in [-0.2, -0.15) is 0 Å². The van der Waals surface area contributed by atoms with Crippen molar-refractivity contribution in [1.29, 1.82) is 0 Å². The molecule has 0 spiro atoms. The summed E-state index contributed by atoms with van der Waals surface area (Å²) in [7, 11) is 0. The van der Waals surface area contributed by atoms with Gasteiger partial charge in [0.25, 0.3) is 0 Å². The molecule has 0 fully saturated rings. The fourth-order valence-electron chi connectivity index (χ4n) is 1.97. The predicted octanol–water partition coefficient (Wildman–Crippen LogP) is 3.03. The van der Waals surface area contributed by atoms with Gasteiger partial charge in [-0.05, 0) is 37.1 Å². The third-order valence-electron chi connectivity index (χ3n) is 3.26. The highest BCUT2D eigenvalue weighted by Gasteiger charge is 2.23. The molecule has 2 rings (SSSR count). The van der Waals surface area contributed by atoms with Crippen molar-refractivity contribution in [3.63, 3.8) is 0 Å². The van der Waals surface area contributed by atoms with Crippen molar-refractivity contribution < 1.29 is 14.9 Å². The van der Waals surface area contributed by atoms with E-state index in [9.17, 15) is 10.2 Å². The van der Waals surface area contributed by atoms with Crippen LogP contribution in [0.15, 0.2) is 54.6 Å². The van der Waals surface area contributed by atoms with Crippen LogP contribution in [-0.2, 0) is 5.60 Å².